The average Bonchev–Trinajstić information content (AvgIpc) is 3.36. The van der Waals surface area contributed by atoms with E-state index in [9.17, 15) is 0 Å². The first-order valence-electron chi connectivity index (χ1n) is 16.9. The fraction of sp³-hybridized carbons (Fsp3) is 0.722. The summed E-state index contributed by atoms with van der Waals surface area (Å²) in [6, 6.07) is 13.4. The zero-order valence-corrected chi connectivity index (χ0v) is 27.4. The van der Waals surface area contributed by atoms with Gasteiger partial charge in [-0.25, -0.2) is 0 Å². The van der Waals surface area contributed by atoms with E-state index in [-0.39, 0.29) is 30.5 Å². The first kappa shape index (κ1) is 34.8. The van der Waals surface area contributed by atoms with E-state index in [4.69, 9.17) is 23.7 Å². The molecule has 2 aromatic rings. The Labute approximate surface area is 256 Å². The number of benzene rings is 1. The van der Waals surface area contributed by atoms with Crippen LogP contribution in [-0.2, 0) is 43.6 Å². The topological polar surface area (TPSA) is 51.1 Å². The Hall–Kier alpha value is -1.70. The lowest BCUT2D eigenvalue weighted by Gasteiger charge is -2.46. The SMILES string of the molecule is CCCCOC[C@H]1O[C@@H](c2ccc(Cc3ccc(CC)cc3)n2C)[C@H](OCCCC)[C@@H](OCCCC)[C@@H]1OCCCC. The van der Waals surface area contributed by atoms with Crippen LogP contribution >= 0.6 is 0 Å². The van der Waals surface area contributed by atoms with E-state index in [0.29, 0.717) is 26.4 Å². The molecule has 6 heteroatoms. The van der Waals surface area contributed by atoms with Crippen molar-refractivity contribution < 1.29 is 23.7 Å². The predicted molar refractivity (Wildman–Crippen MR) is 171 cm³/mol. The van der Waals surface area contributed by atoms with Crippen LogP contribution in [0.15, 0.2) is 36.4 Å². The molecule has 0 bridgehead atoms. The molecule has 0 aliphatic carbocycles. The van der Waals surface area contributed by atoms with Crippen LogP contribution in [0.5, 0.6) is 0 Å². The van der Waals surface area contributed by atoms with Gasteiger partial charge in [-0.15, -0.1) is 0 Å². The van der Waals surface area contributed by atoms with Gasteiger partial charge >= 0.3 is 0 Å². The number of aromatic nitrogens is 1. The number of rotatable bonds is 21. The van der Waals surface area contributed by atoms with E-state index < -0.39 is 0 Å². The van der Waals surface area contributed by atoms with Gasteiger partial charge in [0.15, 0.2) is 0 Å². The van der Waals surface area contributed by atoms with E-state index in [1.54, 1.807) is 0 Å². The fourth-order valence-electron chi connectivity index (χ4n) is 5.53. The van der Waals surface area contributed by atoms with Gasteiger partial charge < -0.3 is 28.3 Å². The van der Waals surface area contributed by atoms with Crippen molar-refractivity contribution in [2.45, 2.75) is 129 Å². The Morgan fingerprint density at radius 3 is 1.79 bits per heavy atom. The number of nitrogens with zero attached hydrogens (tertiary/aromatic N) is 1. The van der Waals surface area contributed by atoms with Gasteiger partial charge in [0.2, 0.25) is 0 Å². The first-order valence-corrected chi connectivity index (χ1v) is 16.9. The largest absolute Gasteiger partial charge is 0.379 e. The highest BCUT2D eigenvalue weighted by Crippen LogP contribution is 2.38. The van der Waals surface area contributed by atoms with Crippen LogP contribution in [0.25, 0.3) is 0 Å². The van der Waals surface area contributed by atoms with Gasteiger partial charge in [0, 0.05) is 51.3 Å². The lowest BCUT2D eigenvalue weighted by molar-refractivity contribution is -0.269. The van der Waals surface area contributed by atoms with Crippen molar-refractivity contribution in [3.05, 3.63) is 58.9 Å². The molecule has 0 amide bonds. The Kier molecular flexibility index (Phi) is 16.2. The highest BCUT2D eigenvalue weighted by Gasteiger charge is 2.49. The fourth-order valence-corrected chi connectivity index (χ4v) is 5.53. The lowest BCUT2D eigenvalue weighted by Crippen LogP contribution is -2.59. The molecular formula is C36H59NO5. The van der Waals surface area contributed by atoms with E-state index in [0.717, 1.165) is 76.5 Å². The second-order valence-corrected chi connectivity index (χ2v) is 11.7. The van der Waals surface area contributed by atoms with Crippen LogP contribution in [0.1, 0.15) is 115 Å². The summed E-state index contributed by atoms with van der Waals surface area (Å²) in [5, 5.41) is 0. The van der Waals surface area contributed by atoms with E-state index in [2.05, 4.69) is 82.6 Å². The number of hydrogen-bond acceptors (Lipinski definition) is 5. The summed E-state index contributed by atoms with van der Waals surface area (Å²) in [6.45, 7) is 14.2. The summed E-state index contributed by atoms with van der Waals surface area (Å²) in [5.74, 6) is 0. The van der Waals surface area contributed by atoms with Crippen LogP contribution < -0.4 is 0 Å². The Balaban J connectivity index is 1.94. The molecule has 1 saturated heterocycles. The van der Waals surface area contributed by atoms with E-state index in [1.807, 2.05) is 0 Å². The summed E-state index contributed by atoms with van der Waals surface area (Å²) < 4.78 is 35.4. The second kappa shape index (κ2) is 19.6. The smallest absolute Gasteiger partial charge is 0.127 e. The standard InChI is InChI=1S/C36H59NO5/c1-7-12-22-38-27-32-34(39-23-13-8-2)36(41-25-15-10-4)35(40-24-14-9-3)33(42-32)31-21-20-30(37(31)6)26-29-18-16-28(11-5)17-19-29/h16-21,32-36H,7-15,22-27H2,1-6H3/t32-,33+,34-,35+,36+/m1/s1. The quantitative estimate of drug-likeness (QED) is 0.139. The molecule has 0 radical (unpaired) electrons. The van der Waals surface area contributed by atoms with Crippen LogP contribution in [0.3, 0.4) is 0 Å². The molecule has 6 nitrogen and oxygen atoms in total. The summed E-state index contributed by atoms with van der Waals surface area (Å²) in [4.78, 5) is 0. The van der Waals surface area contributed by atoms with Gasteiger partial charge in [0.25, 0.3) is 0 Å². The van der Waals surface area contributed by atoms with Crippen LogP contribution in [0, 0.1) is 0 Å². The van der Waals surface area contributed by atoms with Gasteiger partial charge in [0.1, 0.15) is 30.5 Å². The summed E-state index contributed by atoms with van der Waals surface area (Å²) >= 11 is 0. The van der Waals surface area contributed by atoms with Crippen molar-refractivity contribution >= 4 is 0 Å². The van der Waals surface area contributed by atoms with Gasteiger partial charge in [-0.2, -0.15) is 0 Å². The Bertz CT molecular complexity index is 974. The third-order valence-electron chi connectivity index (χ3n) is 8.36. The maximum absolute atomic E-state index is 6.97. The summed E-state index contributed by atoms with van der Waals surface area (Å²) in [5.41, 5.74) is 5.05. The maximum Gasteiger partial charge on any atom is 0.127 e. The van der Waals surface area contributed by atoms with Crippen molar-refractivity contribution in [1.82, 2.24) is 4.57 Å². The molecular weight excluding hydrogens is 526 g/mol. The van der Waals surface area contributed by atoms with E-state index >= 15 is 0 Å². The average molecular weight is 586 g/mol. The second-order valence-electron chi connectivity index (χ2n) is 11.7. The normalized spacial score (nSPS) is 22.6. The minimum Gasteiger partial charge on any atom is -0.379 e. The van der Waals surface area contributed by atoms with Gasteiger partial charge in [-0.1, -0.05) is 84.6 Å². The summed E-state index contributed by atoms with van der Waals surface area (Å²) in [6.07, 6.45) is 9.08. The monoisotopic (exact) mass is 585 g/mol. The molecule has 2 heterocycles. The number of ether oxygens (including phenoxy) is 5. The molecule has 1 aliphatic rings. The molecule has 1 fully saturated rings. The predicted octanol–water partition coefficient (Wildman–Crippen LogP) is 7.99. The molecule has 3 rings (SSSR count). The van der Waals surface area contributed by atoms with Crippen molar-refractivity contribution in [2.24, 2.45) is 7.05 Å². The third kappa shape index (κ3) is 10.2. The van der Waals surface area contributed by atoms with Crippen LogP contribution in [-0.4, -0.2) is 62.0 Å². The molecule has 1 aliphatic heterocycles. The van der Waals surface area contributed by atoms with Crippen molar-refractivity contribution in [3.63, 3.8) is 0 Å². The highest BCUT2D eigenvalue weighted by atomic mass is 16.6. The van der Waals surface area contributed by atoms with Crippen molar-refractivity contribution in [2.75, 3.05) is 33.0 Å². The molecule has 5 atom stereocenters. The molecule has 42 heavy (non-hydrogen) atoms. The van der Waals surface area contributed by atoms with Gasteiger partial charge in [-0.3, -0.25) is 0 Å². The molecule has 1 aromatic carbocycles. The maximum atomic E-state index is 6.97. The van der Waals surface area contributed by atoms with Gasteiger partial charge in [-0.05, 0) is 55.4 Å². The molecule has 0 unspecified atom stereocenters. The molecule has 0 saturated carbocycles. The molecule has 0 spiro atoms. The highest BCUT2D eigenvalue weighted by molar-refractivity contribution is 5.29. The number of unbranched alkanes of at least 4 members (excludes halogenated alkanes) is 4. The Morgan fingerprint density at radius 1 is 0.643 bits per heavy atom. The summed E-state index contributed by atoms with van der Waals surface area (Å²) in [7, 11) is 2.15. The molecule has 1 aromatic heterocycles. The first-order chi connectivity index (χ1) is 20.6. The van der Waals surface area contributed by atoms with Crippen LogP contribution in [0.4, 0.5) is 0 Å². The van der Waals surface area contributed by atoms with E-state index in [1.165, 1.54) is 16.8 Å². The van der Waals surface area contributed by atoms with Crippen molar-refractivity contribution in [1.29, 1.82) is 0 Å². The number of hydrogen-bond donors (Lipinski definition) is 0. The van der Waals surface area contributed by atoms with Crippen LogP contribution in [0.2, 0.25) is 0 Å². The zero-order valence-electron chi connectivity index (χ0n) is 27.4. The Morgan fingerprint density at radius 2 is 1.19 bits per heavy atom. The zero-order chi connectivity index (χ0) is 30.2. The molecule has 238 valence electrons. The lowest BCUT2D eigenvalue weighted by atomic mass is 9.92. The number of aryl methyl sites for hydroxylation is 1. The third-order valence-corrected chi connectivity index (χ3v) is 8.36. The molecule has 0 N–H and O–H groups in total. The minimum absolute atomic E-state index is 0.233. The minimum atomic E-state index is -0.277. The van der Waals surface area contributed by atoms with Gasteiger partial charge in [0.05, 0.1) is 6.61 Å². The van der Waals surface area contributed by atoms with Crippen molar-refractivity contribution in [3.8, 4) is 0 Å².